The molecule has 0 radical (unpaired) electrons. The van der Waals surface area contributed by atoms with Crippen molar-refractivity contribution in [1.29, 1.82) is 0 Å². The van der Waals surface area contributed by atoms with E-state index >= 15 is 0 Å². The molecule has 4 aromatic rings. The number of nitrogens with one attached hydrogen (secondary N) is 1. The zero-order valence-corrected chi connectivity index (χ0v) is 14.0. The Kier molecular flexibility index (Phi) is 4.44. The molecular formula is C19H14FN5O2. The van der Waals surface area contributed by atoms with Crippen LogP contribution in [0.1, 0.15) is 15.9 Å². The summed E-state index contributed by atoms with van der Waals surface area (Å²) in [4.78, 5) is 16.5. The highest BCUT2D eigenvalue weighted by atomic mass is 19.1. The molecule has 134 valence electrons. The van der Waals surface area contributed by atoms with Crippen molar-refractivity contribution in [3.8, 4) is 11.6 Å². The van der Waals surface area contributed by atoms with Gasteiger partial charge >= 0.3 is 0 Å². The Labute approximate surface area is 153 Å². The maximum Gasteiger partial charge on any atom is 0.253 e. The molecule has 0 aliphatic heterocycles. The number of aromatic nitrogens is 4. The van der Waals surface area contributed by atoms with Gasteiger partial charge in [-0.3, -0.25) is 9.20 Å². The quantitative estimate of drug-likeness (QED) is 0.589. The Bertz CT molecular complexity index is 1090. The summed E-state index contributed by atoms with van der Waals surface area (Å²) in [7, 11) is 0. The fraction of sp³-hybridized carbons (Fsp3) is 0.0526. The first-order chi connectivity index (χ1) is 13.2. The molecule has 3 aromatic heterocycles. The number of hydrogen-bond acceptors (Lipinski definition) is 5. The molecule has 0 saturated heterocycles. The largest absolute Gasteiger partial charge is 0.439 e. The Morgan fingerprint density at radius 2 is 2.00 bits per heavy atom. The van der Waals surface area contributed by atoms with Crippen LogP contribution in [0.25, 0.3) is 5.65 Å². The second-order valence-corrected chi connectivity index (χ2v) is 5.76. The van der Waals surface area contributed by atoms with Crippen molar-refractivity contribution in [1.82, 2.24) is 24.9 Å². The number of halogens is 1. The zero-order valence-electron chi connectivity index (χ0n) is 14.0. The van der Waals surface area contributed by atoms with E-state index in [4.69, 9.17) is 4.74 Å². The maximum absolute atomic E-state index is 13.0. The van der Waals surface area contributed by atoms with Crippen LogP contribution in [0.5, 0.6) is 11.6 Å². The first-order valence-electron chi connectivity index (χ1n) is 8.13. The van der Waals surface area contributed by atoms with E-state index in [-0.39, 0.29) is 11.7 Å². The SMILES string of the molecule is O=C(NCc1ccnc(Oc2ccc(F)cc2)c1)c1ccc2nncn2c1. The number of carbonyl (C=O) groups is 1. The summed E-state index contributed by atoms with van der Waals surface area (Å²) in [6.07, 6.45) is 4.79. The van der Waals surface area contributed by atoms with Gasteiger partial charge < -0.3 is 10.1 Å². The molecule has 27 heavy (non-hydrogen) atoms. The van der Waals surface area contributed by atoms with Gasteiger partial charge in [0.2, 0.25) is 5.88 Å². The second-order valence-electron chi connectivity index (χ2n) is 5.76. The van der Waals surface area contributed by atoms with Gasteiger partial charge in [0.15, 0.2) is 5.65 Å². The summed E-state index contributed by atoms with van der Waals surface area (Å²) < 4.78 is 20.2. The lowest BCUT2D eigenvalue weighted by molar-refractivity contribution is 0.0950. The molecule has 0 spiro atoms. The highest BCUT2D eigenvalue weighted by Crippen LogP contribution is 2.20. The second kappa shape index (κ2) is 7.20. The molecule has 0 saturated carbocycles. The van der Waals surface area contributed by atoms with Crippen molar-refractivity contribution in [3.63, 3.8) is 0 Å². The predicted octanol–water partition coefficient (Wildman–Crippen LogP) is 2.99. The Morgan fingerprint density at radius 1 is 1.15 bits per heavy atom. The van der Waals surface area contributed by atoms with Gasteiger partial charge in [0.05, 0.1) is 5.56 Å². The van der Waals surface area contributed by atoms with Gasteiger partial charge in [0, 0.05) is 25.0 Å². The third-order valence-electron chi connectivity index (χ3n) is 3.84. The fourth-order valence-electron chi connectivity index (χ4n) is 2.49. The summed E-state index contributed by atoms with van der Waals surface area (Å²) in [5.74, 6) is 0.284. The summed E-state index contributed by atoms with van der Waals surface area (Å²) >= 11 is 0. The standard InChI is InChI=1S/C19H14FN5O2/c20-15-2-4-16(5-3-15)27-18-9-13(7-8-21-18)10-22-19(26)14-1-6-17-24-23-12-25(17)11-14/h1-9,11-12H,10H2,(H,22,26). The number of carbonyl (C=O) groups excluding carboxylic acids is 1. The lowest BCUT2D eigenvalue weighted by atomic mass is 10.2. The van der Waals surface area contributed by atoms with Crippen molar-refractivity contribution >= 4 is 11.6 Å². The summed E-state index contributed by atoms with van der Waals surface area (Å²) in [6, 6.07) is 12.6. The first-order valence-corrected chi connectivity index (χ1v) is 8.13. The Morgan fingerprint density at radius 3 is 2.85 bits per heavy atom. The van der Waals surface area contributed by atoms with Gasteiger partial charge in [-0.05, 0) is 48.0 Å². The first kappa shape index (κ1) is 16.6. The molecule has 0 aliphatic rings. The average Bonchev–Trinajstić information content (AvgIpc) is 3.16. The number of nitrogens with zero attached hydrogens (tertiary/aromatic N) is 4. The molecule has 0 bridgehead atoms. The third kappa shape index (κ3) is 3.90. The molecule has 8 heteroatoms. The van der Waals surface area contributed by atoms with Gasteiger partial charge in [-0.1, -0.05) is 0 Å². The molecule has 1 amide bonds. The molecule has 1 N–H and O–H groups in total. The van der Waals surface area contributed by atoms with Crippen LogP contribution in [0.4, 0.5) is 4.39 Å². The highest BCUT2D eigenvalue weighted by Gasteiger charge is 2.08. The van der Waals surface area contributed by atoms with Gasteiger partial charge in [-0.25, -0.2) is 9.37 Å². The van der Waals surface area contributed by atoms with Crippen molar-refractivity contribution in [2.45, 2.75) is 6.54 Å². The van der Waals surface area contributed by atoms with Crippen molar-refractivity contribution in [2.75, 3.05) is 0 Å². The minimum absolute atomic E-state index is 0.219. The van der Waals surface area contributed by atoms with E-state index in [0.717, 1.165) is 5.56 Å². The van der Waals surface area contributed by atoms with Crippen LogP contribution in [0, 0.1) is 5.82 Å². The van der Waals surface area contributed by atoms with Crippen molar-refractivity contribution in [2.24, 2.45) is 0 Å². The number of ether oxygens (including phenoxy) is 1. The number of amides is 1. The van der Waals surface area contributed by atoms with E-state index in [1.807, 2.05) is 0 Å². The average molecular weight is 363 g/mol. The van der Waals surface area contributed by atoms with Gasteiger partial charge in [0.25, 0.3) is 5.91 Å². The van der Waals surface area contributed by atoms with E-state index in [9.17, 15) is 9.18 Å². The minimum atomic E-state index is -0.337. The molecule has 4 rings (SSSR count). The molecule has 1 aromatic carbocycles. The molecule has 0 fully saturated rings. The number of benzene rings is 1. The molecule has 0 atom stereocenters. The summed E-state index contributed by atoms with van der Waals surface area (Å²) in [6.45, 7) is 0.307. The maximum atomic E-state index is 13.0. The number of hydrogen-bond donors (Lipinski definition) is 1. The smallest absolute Gasteiger partial charge is 0.253 e. The van der Waals surface area contributed by atoms with Crippen LogP contribution in [0.3, 0.4) is 0 Å². The van der Waals surface area contributed by atoms with Crippen molar-refractivity contribution < 1.29 is 13.9 Å². The van der Waals surface area contributed by atoms with Crippen molar-refractivity contribution in [3.05, 3.63) is 84.2 Å². The normalized spacial score (nSPS) is 10.7. The van der Waals surface area contributed by atoms with Gasteiger partial charge in [-0.15, -0.1) is 10.2 Å². The van der Waals surface area contributed by atoms with Crippen LogP contribution in [-0.2, 0) is 6.54 Å². The molecule has 3 heterocycles. The van der Waals surface area contributed by atoms with Gasteiger partial charge in [-0.2, -0.15) is 0 Å². The lowest BCUT2D eigenvalue weighted by Crippen LogP contribution is -2.23. The van der Waals surface area contributed by atoms with E-state index < -0.39 is 0 Å². The zero-order chi connectivity index (χ0) is 18.6. The lowest BCUT2D eigenvalue weighted by Gasteiger charge is -2.08. The molecular weight excluding hydrogens is 349 g/mol. The Hall–Kier alpha value is -3.81. The topological polar surface area (TPSA) is 81.4 Å². The fourth-order valence-corrected chi connectivity index (χ4v) is 2.49. The van der Waals surface area contributed by atoms with Crippen LogP contribution in [-0.4, -0.2) is 25.5 Å². The van der Waals surface area contributed by atoms with Crippen LogP contribution < -0.4 is 10.1 Å². The number of rotatable bonds is 5. The minimum Gasteiger partial charge on any atom is -0.439 e. The van der Waals surface area contributed by atoms with Gasteiger partial charge in [0.1, 0.15) is 17.9 Å². The predicted molar refractivity (Wildman–Crippen MR) is 94.9 cm³/mol. The third-order valence-corrected chi connectivity index (χ3v) is 3.84. The monoisotopic (exact) mass is 363 g/mol. The highest BCUT2D eigenvalue weighted by molar-refractivity contribution is 5.94. The van der Waals surface area contributed by atoms with E-state index in [2.05, 4.69) is 20.5 Å². The van der Waals surface area contributed by atoms with E-state index in [1.54, 1.807) is 41.1 Å². The van der Waals surface area contributed by atoms with Crippen LogP contribution in [0.2, 0.25) is 0 Å². The summed E-state index contributed by atoms with van der Waals surface area (Å²) in [5.41, 5.74) is 1.99. The van der Waals surface area contributed by atoms with E-state index in [0.29, 0.717) is 29.4 Å². The summed E-state index contributed by atoms with van der Waals surface area (Å²) in [5, 5.41) is 10.5. The molecule has 7 nitrogen and oxygen atoms in total. The van der Waals surface area contributed by atoms with E-state index in [1.165, 1.54) is 30.6 Å². The molecule has 0 unspecified atom stereocenters. The molecule has 0 aliphatic carbocycles. The number of fused-ring (bicyclic) bond motifs is 1. The van der Waals surface area contributed by atoms with Crippen LogP contribution in [0.15, 0.2) is 67.3 Å². The van der Waals surface area contributed by atoms with Crippen LogP contribution >= 0.6 is 0 Å². The number of pyridine rings is 2. The Balaban J connectivity index is 1.41.